The maximum atomic E-state index is 4.64. The molecule has 1 aliphatic carbocycles. The molecule has 0 aromatic carbocycles. The van der Waals surface area contributed by atoms with Crippen molar-refractivity contribution in [2.45, 2.75) is 65.8 Å². The first-order chi connectivity index (χ1) is 9.06. The van der Waals surface area contributed by atoms with Crippen LogP contribution in [0.4, 0.5) is 0 Å². The van der Waals surface area contributed by atoms with E-state index in [4.69, 9.17) is 0 Å². The highest BCUT2D eigenvalue weighted by Gasteiger charge is 2.19. The van der Waals surface area contributed by atoms with E-state index in [1.165, 1.54) is 47.7 Å². The first-order valence-corrected chi connectivity index (χ1v) is 8.55. The van der Waals surface area contributed by atoms with Crippen LogP contribution in [0.3, 0.4) is 0 Å². The molecule has 0 radical (unpaired) electrons. The van der Waals surface area contributed by atoms with Crippen LogP contribution in [0.5, 0.6) is 0 Å². The molecule has 1 heterocycles. The molecule has 19 heavy (non-hydrogen) atoms. The topological polar surface area (TPSA) is 24.9 Å². The molecule has 0 amide bonds. The minimum Gasteiger partial charge on any atom is -0.309 e. The van der Waals surface area contributed by atoms with Crippen LogP contribution in [0.2, 0.25) is 0 Å². The molecule has 0 saturated heterocycles. The third kappa shape index (κ3) is 4.28. The lowest BCUT2D eigenvalue weighted by atomic mass is 9.81. The molecule has 2 nitrogen and oxygen atoms in total. The minimum atomic E-state index is 0.394. The average molecular weight is 280 g/mol. The Morgan fingerprint density at radius 1 is 1.37 bits per heavy atom. The summed E-state index contributed by atoms with van der Waals surface area (Å²) in [6, 6.07) is 0.394. The Bertz CT molecular complexity index is 399. The molecule has 3 unspecified atom stereocenters. The molecule has 1 fully saturated rings. The molecule has 1 saturated carbocycles. The summed E-state index contributed by atoms with van der Waals surface area (Å²) in [4.78, 5) is 6.01. The zero-order chi connectivity index (χ0) is 13.8. The zero-order valence-corrected chi connectivity index (χ0v) is 13.6. The van der Waals surface area contributed by atoms with Gasteiger partial charge in [-0.1, -0.05) is 26.2 Å². The van der Waals surface area contributed by atoms with E-state index in [0.717, 1.165) is 18.4 Å². The van der Waals surface area contributed by atoms with Gasteiger partial charge in [0.25, 0.3) is 0 Å². The first-order valence-electron chi connectivity index (χ1n) is 7.73. The van der Waals surface area contributed by atoms with Gasteiger partial charge in [0.15, 0.2) is 0 Å². The van der Waals surface area contributed by atoms with Crippen LogP contribution in [0.1, 0.15) is 67.6 Å². The monoisotopic (exact) mass is 280 g/mol. The Morgan fingerprint density at radius 2 is 2.16 bits per heavy atom. The normalized spacial score (nSPS) is 25.5. The number of rotatable bonds is 5. The van der Waals surface area contributed by atoms with Crippen molar-refractivity contribution >= 4 is 11.3 Å². The third-order valence-corrected chi connectivity index (χ3v) is 5.30. The highest BCUT2D eigenvalue weighted by molar-refractivity contribution is 7.11. The standard InChI is InChI=1S/C16H28N2S/c1-11-6-5-7-15(10-11)8-9-17-12(2)16-13(3)19-14(4)18-16/h11-12,15,17H,5-10H2,1-4H3. The van der Waals surface area contributed by atoms with Gasteiger partial charge in [-0.15, -0.1) is 11.3 Å². The number of hydrogen-bond donors (Lipinski definition) is 1. The molecule has 3 heteroatoms. The molecule has 108 valence electrons. The maximum absolute atomic E-state index is 4.64. The molecule has 1 aromatic rings. The Balaban J connectivity index is 1.74. The Kier molecular flexibility index (Phi) is 5.40. The van der Waals surface area contributed by atoms with Gasteiger partial charge in [0.05, 0.1) is 10.7 Å². The number of aryl methyl sites for hydroxylation is 2. The first kappa shape index (κ1) is 15.0. The lowest BCUT2D eigenvalue weighted by Gasteiger charge is -2.27. The SMILES string of the molecule is Cc1nc(C(C)NCCC2CCCC(C)C2)c(C)s1. The van der Waals surface area contributed by atoms with Gasteiger partial charge in [0.1, 0.15) is 0 Å². The van der Waals surface area contributed by atoms with Gasteiger partial charge in [-0.05, 0) is 52.0 Å². The Morgan fingerprint density at radius 3 is 2.79 bits per heavy atom. The van der Waals surface area contributed by atoms with Crippen molar-refractivity contribution in [2.75, 3.05) is 6.54 Å². The number of nitrogens with zero attached hydrogens (tertiary/aromatic N) is 1. The second-order valence-corrected chi connectivity index (χ2v) is 7.68. The van der Waals surface area contributed by atoms with Gasteiger partial charge in [0, 0.05) is 10.9 Å². The molecular weight excluding hydrogens is 252 g/mol. The number of thiazole rings is 1. The predicted molar refractivity (Wildman–Crippen MR) is 83.7 cm³/mol. The fraction of sp³-hybridized carbons (Fsp3) is 0.812. The smallest absolute Gasteiger partial charge is 0.0900 e. The number of aromatic nitrogens is 1. The summed E-state index contributed by atoms with van der Waals surface area (Å²) >= 11 is 1.81. The molecule has 1 aliphatic rings. The van der Waals surface area contributed by atoms with Crippen molar-refractivity contribution in [2.24, 2.45) is 11.8 Å². The second-order valence-electron chi connectivity index (χ2n) is 6.28. The molecule has 1 aromatic heterocycles. The predicted octanol–water partition coefficient (Wildman–Crippen LogP) is 4.63. The molecule has 1 N–H and O–H groups in total. The molecule has 3 atom stereocenters. The molecule has 0 bridgehead atoms. The van der Waals surface area contributed by atoms with Crippen LogP contribution >= 0.6 is 11.3 Å². The lowest BCUT2D eigenvalue weighted by Crippen LogP contribution is -2.24. The van der Waals surface area contributed by atoms with Gasteiger partial charge < -0.3 is 5.32 Å². The van der Waals surface area contributed by atoms with Crippen LogP contribution in [-0.2, 0) is 0 Å². The van der Waals surface area contributed by atoms with Crippen LogP contribution in [0.25, 0.3) is 0 Å². The number of nitrogens with one attached hydrogen (secondary N) is 1. The minimum absolute atomic E-state index is 0.394. The van der Waals surface area contributed by atoms with Crippen LogP contribution in [0.15, 0.2) is 0 Å². The van der Waals surface area contributed by atoms with Gasteiger partial charge >= 0.3 is 0 Å². The second kappa shape index (κ2) is 6.85. The van der Waals surface area contributed by atoms with E-state index >= 15 is 0 Å². The summed E-state index contributed by atoms with van der Waals surface area (Å²) in [5.41, 5.74) is 1.25. The third-order valence-electron chi connectivity index (χ3n) is 4.40. The van der Waals surface area contributed by atoms with E-state index in [2.05, 4.69) is 38.0 Å². The highest BCUT2D eigenvalue weighted by Crippen LogP contribution is 2.30. The van der Waals surface area contributed by atoms with E-state index < -0.39 is 0 Å². The zero-order valence-electron chi connectivity index (χ0n) is 12.8. The largest absolute Gasteiger partial charge is 0.309 e. The van der Waals surface area contributed by atoms with E-state index in [-0.39, 0.29) is 0 Å². The van der Waals surface area contributed by atoms with Crippen LogP contribution in [-0.4, -0.2) is 11.5 Å². The quantitative estimate of drug-likeness (QED) is 0.851. The van der Waals surface area contributed by atoms with Crippen molar-refractivity contribution in [3.8, 4) is 0 Å². The molecule has 0 aliphatic heterocycles. The van der Waals surface area contributed by atoms with Gasteiger partial charge in [-0.2, -0.15) is 0 Å². The van der Waals surface area contributed by atoms with E-state index in [9.17, 15) is 0 Å². The maximum Gasteiger partial charge on any atom is 0.0900 e. The van der Waals surface area contributed by atoms with Crippen LogP contribution < -0.4 is 5.32 Å². The fourth-order valence-electron chi connectivity index (χ4n) is 3.37. The van der Waals surface area contributed by atoms with Crippen molar-refractivity contribution < 1.29 is 0 Å². The summed E-state index contributed by atoms with van der Waals surface area (Å²) in [5, 5.41) is 4.84. The summed E-state index contributed by atoms with van der Waals surface area (Å²) in [7, 11) is 0. The van der Waals surface area contributed by atoms with Crippen molar-refractivity contribution in [1.82, 2.24) is 10.3 Å². The van der Waals surface area contributed by atoms with Gasteiger partial charge in [-0.3, -0.25) is 0 Å². The molecular formula is C16H28N2S. The fourth-order valence-corrected chi connectivity index (χ4v) is 4.28. The van der Waals surface area contributed by atoms with Crippen molar-refractivity contribution in [1.29, 1.82) is 0 Å². The summed E-state index contributed by atoms with van der Waals surface area (Å²) < 4.78 is 0. The van der Waals surface area contributed by atoms with Gasteiger partial charge in [-0.25, -0.2) is 4.98 Å². The summed E-state index contributed by atoms with van der Waals surface area (Å²) in [6.07, 6.45) is 7.08. The summed E-state index contributed by atoms with van der Waals surface area (Å²) in [6.45, 7) is 10.1. The van der Waals surface area contributed by atoms with E-state index in [1.54, 1.807) is 0 Å². The average Bonchev–Trinajstić information content (AvgIpc) is 2.68. The highest BCUT2D eigenvalue weighted by atomic mass is 32.1. The Labute approximate surface area is 122 Å². The lowest BCUT2D eigenvalue weighted by molar-refractivity contribution is 0.265. The molecule has 0 spiro atoms. The van der Waals surface area contributed by atoms with E-state index in [1.807, 2.05) is 11.3 Å². The van der Waals surface area contributed by atoms with Gasteiger partial charge in [0.2, 0.25) is 0 Å². The van der Waals surface area contributed by atoms with Crippen molar-refractivity contribution in [3.63, 3.8) is 0 Å². The van der Waals surface area contributed by atoms with Crippen molar-refractivity contribution in [3.05, 3.63) is 15.6 Å². The summed E-state index contributed by atoms with van der Waals surface area (Å²) in [5.74, 6) is 1.89. The van der Waals surface area contributed by atoms with E-state index in [0.29, 0.717) is 6.04 Å². The number of hydrogen-bond acceptors (Lipinski definition) is 3. The van der Waals surface area contributed by atoms with Crippen LogP contribution in [0, 0.1) is 25.7 Å². The molecule has 2 rings (SSSR count). The Hall–Kier alpha value is -0.410.